The van der Waals surface area contributed by atoms with Gasteiger partial charge in [-0.15, -0.1) is 0 Å². The standard InChI is InChI=1S/C25H28N2O8/c1-6-26-12-11-16-13-19(32-2)20(33-3)14-18(16)21(15-7-9-17(10-8-15)27(30)31)22(24(28)34-4)23(26)25(29)35-5/h7-10,13-14,21H,6,11-12H2,1-5H3/b23-22+. The largest absolute Gasteiger partial charge is 0.493 e. The van der Waals surface area contributed by atoms with E-state index in [4.69, 9.17) is 18.9 Å². The average Bonchev–Trinajstić information content (AvgIpc) is 2.87. The van der Waals surface area contributed by atoms with Gasteiger partial charge in [0.05, 0.1) is 38.9 Å². The highest BCUT2D eigenvalue weighted by molar-refractivity contribution is 6.02. The summed E-state index contributed by atoms with van der Waals surface area (Å²) in [6, 6.07) is 9.47. The second-order valence-corrected chi connectivity index (χ2v) is 7.76. The fourth-order valence-corrected chi connectivity index (χ4v) is 4.36. The highest BCUT2D eigenvalue weighted by atomic mass is 16.6. The number of nitro groups is 1. The van der Waals surface area contributed by atoms with Gasteiger partial charge in [0.15, 0.2) is 11.5 Å². The van der Waals surface area contributed by atoms with E-state index in [0.29, 0.717) is 42.1 Å². The SMILES string of the molecule is CCN1CCc2cc(OC)c(OC)cc2C(c2ccc([N+](=O)[O-])cc2)/C(C(=O)OC)=C\1C(=O)OC. The van der Waals surface area contributed by atoms with E-state index in [-0.39, 0.29) is 17.0 Å². The highest BCUT2D eigenvalue weighted by Crippen LogP contribution is 2.43. The molecule has 2 aromatic rings. The number of nitrogens with zero attached hydrogens (tertiary/aromatic N) is 2. The van der Waals surface area contributed by atoms with Gasteiger partial charge >= 0.3 is 11.9 Å². The predicted molar refractivity (Wildman–Crippen MR) is 126 cm³/mol. The van der Waals surface area contributed by atoms with Gasteiger partial charge in [0.2, 0.25) is 0 Å². The third kappa shape index (κ3) is 4.91. The summed E-state index contributed by atoms with van der Waals surface area (Å²) >= 11 is 0. The van der Waals surface area contributed by atoms with Crippen molar-refractivity contribution < 1.29 is 33.5 Å². The molecule has 1 atom stereocenters. The molecule has 1 aliphatic rings. The van der Waals surface area contributed by atoms with Crippen LogP contribution in [0, 0.1) is 10.1 Å². The number of hydrogen-bond donors (Lipinski definition) is 0. The van der Waals surface area contributed by atoms with E-state index < -0.39 is 22.8 Å². The van der Waals surface area contributed by atoms with Crippen molar-refractivity contribution in [3.63, 3.8) is 0 Å². The molecule has 1 heterocycles. The summed E-state index contributed by atoms with van der Waals surface area (Å²) in [7, 11) is 5.53. The molecule has 0 radical (unpaired) electrons. The number of non-ortho nitro benzene ring substituents is 1. The number of esters is 2. The molecule has 0 saturated carbocycles. The molecule has 3 rings (SSSR count). The zero-order valence-electron chi connectivity index (χ0n) is 20.3. The second kappa shape index (κ2) is 10.9. The summed E-state index contributed by atoms with van der Waals surface area (Å²) in [6.45, 7) is 2.73. The van der Waals surface area contributed by atoms with Crippen LogP contribution in [0.3, 0.4) is 0 Å². The Labute approximate surface area is 203 Å². The number of rotatable bonds is 7. The lowest BCUT2D eigenvalue weighted by atomic mass is 9.79. The fraction of sp³-hybridized carbons (Fsp3) is 0.360. The monoisotopic (exact) mass is 484 g/mol. The maximum atomic E-state index is 13.3. The van der Waals surface area contributed by atoms with Crippen molar-refractivity contribution in [1.82, 2.24) is 4.90 Å². The van der Waals surface area contributed by atoms with Gasteiger partial charge in [-0.05, 0) is 42.2 Å². The average molecular weight is 485 g/mol. The van der Waals surface area contributed by atoms with Crippen LogP contribution in [0.15, 0.2) is 47.7 Å². The van der Waals surface area contributed by atoms with Gasteiger partial charge in [0.1, 0.15) is 5.70 Å². The Hall–Kier alpha value is -4.08. The molecule has 10 nitrogen and oxygen atoms in total. The van der Waals surface area contributed by atoms with E-state index in [9.17, 15) is 19.7 Å². The number of fused-ring (bicyclic) bond motifs is 1. The van der Waals surface area contributed by atoms with E-state index in [2.05, 4.69) is 0 Å². The van der Waals surface area contributed by atoms with Crippen LogP contribution in [0.5, 0.6) is 11.5 Å². The van der Waals surface area contributed by atoms with Gasteiger partial charge in [-0.1, -0.05) is 12.1 Å². The quantitative estimate of drug-likeness (QED) is 0.332. The number of carbonyl (C=O) groups excluding carboxylic acids is 2. The van der Waals surface area contributed by atoms with E-state index in [0.717, 1.165) is 5.56 Å². The third-order valence-corrected chi connectivity index (χ3v) is 6.07. The Bertz CT molecular complexity index is 1160. The lowest BCUT2D eigenvalue weighted by molar-refractivity contribution is -0.384. The Kier molecular flexibility index (Phi) is 7.95. The van der Waals surface area contributed by atoms with Crippen molar-refractivity contribution in [3.05, 3.63) is 74.5 Å². The van der Waals surface area contributed by atoms with Gasteiger partial charge < -0.3 is 23.8 Å². The van der Waals surface area contributed by atoms with Crippen molar-refractivity contribution in [2.24, 2.45) is 0 Å². The first-order valence-corrected chi connectivity index (χ1v) is 11.0. The normalized spacial score (nSPS) is 17.5. The lowest BCUT2D eigenvalue weighted by Gasteiger charge is -2.33. The number of methoxy groups -OCH3 is 4. The van der Waals surface area contributed by atoms with Crippen molar-refractivity contribution in [1.29, 1.82) is 0 Å². The molecule has 0 spiro atoms. The second-order valence-electron chi connectivity index (χ2n) is 7.76. The minimum Gasteiger partial charge on any atom is -0.493 e. The molecule has 0 aromatic heterocycles. The molecule has 0 saturated heterocycles. The summed E-state index contributed by atoms with van der Waals surface area (Å²) < 4.78 is 21.2. The first kappa shape index (κ1) is 25.5. The number of ether oxygens (including phenoxy) is 4. The molecule has 10 heteroatoms. The number of likely N-dealkylation sites (N-methyl/N-ethyl adjacent to an activating group) is 1. The van der Waals surface area contributed by atoms with Crippen LogP contribution >= 0.6 is 0 Å². The predicted octanol–water partition coefficient (Wildman–Crippen LogP) is 3.22. The van der Waals surface area contributed by atoms with Crippen LogP contribution in [0.25, 0.3) is 0 Å². The Morgan fingerprint density at radius 2 is 1.60 bits per heavy atom. The van der Waals surface area contributed by atoms with Crippen LogP contribution in [-0.4, -0.2) is 63.3 Å². The first-order chi connectivity index (χ1) is 16.8. The van der Waals surface area contributed by atoms with Crippen molar-refractivity contribution in [3.8, 4) is 11.5 Å². The molecule has 1 unspecified atom stereocenters. The highest BCUT2D eigenvalue weighted by Gasteiger charge is 2.37. The number of carbonyl (C=O) groups is 2. The minimum atomic E-state index is -0.804. The van der Waals surface area contributed by atoms with E-state index >= 15 is 0 Å². The van der Waals surface area contributed by atoms with Gasteiger partial charge in [-0.2, -0.15) is 0 Å². The van der Waals surface area contributed by atoms with E-state index in [1.165, 1.54) is 40.6 Å². The molecule has 35 heavy (non-hydrogen) atoms. The van der Waals surface area contributed by atoms with Gasteiger partial charge in [-0.3, -0.25) is 10.1 Å². The van der Waals surface area contributed by atoms with Crippen LogP contribution < -0.4 is 9.47 Å². The summed E-state index contributed by atoms with van der Waals surface area (Å²) in [5, 5.41) is 11.2. The van der Waals surface area contributed by atoms with E-state index in [1.807, 2.05) is 13.0 Å². The smallest absolute Gasteiger partial charge is 0.354 e. The van der Waals surface area contributed by atoms with Crippen molar-refractivity contribution in [2.45, 2.75) is 19.3 Å². The van der Waals surface area contributed by atoms with Crippen molar-refractivity contribution in [2.75, 3.05) is 41.5 Å². The van der Waals surface area contributed by atoms with E-state index in [1.54, 1.807) is 23.1 Å². The number of benzene rings is 2. The molecule has 186 valence electrons. The summed E-state index contributed by atoms with van der Waals surface area (Å²) in [5.74, 6) is -1.23. The van der Waals surface area contributed by atoms with Crippen LogP contribution in [0.4, 0.5) is 5.69 Å². The molecule has 0 N–H and O–H groups in total. The molecular weight excluding hydrogens is 456 g/mol. The number of nitro benzene ring substituents is 1. The summed E-state index contributed by atoms with van der Waals surface area (Å²) in [6.07, 6.45) is 0.530. The van der Waals surface area contributed by atoms with Crippen LogP contribution in [0.2, 0.25) is 0 Å². The number of hydrogen-bond acceptors (Lipinski definition) is 9. The molecular formula is C25H28N2O8. The molecule has 0 aliphatic carbocycles. The lowest BCUT2D eigenvalue weighted by Crippen LogP contribution is -2.36. The Morgan fingerprint density at radius 1 is 1.00 bits per heavy atom. The fourth-order valence-electron chi connectivity index (χ4n) is 4.36. The van der Waals surface area contributed by atoms with Crippen LogP contribution in [-0.2, 0) is 25.5 Å². The molecule has 0 fully saturated rings. The molecule has 2 aromatic carbocycles. The molecule has 1 aliphatic heterocycles. The van der Waals surface area contributed by atoms with Gasteiger partial charge in [0.25, 0.3) is 5.69 Å². The summed E-state index contributed by atoms with van der Waals surface area (Å²) in [5.41, 5.74) is 2.18. The molecule has 0 bridgehead atoms. The zero-order valence-corrected chi connectivity index (χ0v) is 20.3. The molecule has 0 amide bonds. The van der Waals surface area contributed by atoms with Crippen molar-refractivity contribution >= 4 is 17.6 Å². The topological polar surface area (TPSA) is 117 Å². The minimum absolute atomic E-state index is 0.0724. The van der Waals surface area contributed by atoms with Gasteiger partial charge in [0, 0.05) is 31.1 Å². The Morgan fingerprint density at radius 3 is 2.11 bits per heavy atom. The Balaban J connectivity index is 2.45. The summed E-state index contributed by atoms with van der Waals surface area (Å²) in [4.78, 5) is 38.8. The maximum absolute atomic E-state index is 13.3. The van der Waals surface area contributed by atoms with Gasteiger partial charge in [-0.25, -0.2) is 9.59 Å². The third-order valence-electron chi connectivity index (χ3n) is 6.07. The van der Waals surface area contributed by atoms with Crippen LogP contribution in [0.1, 0.15) is 29.5 Å². The maximum Gasteiger partial charge on any atom is 0.354 e. The first-order valence-electron chi connectivity index (χ1n) is 11.0. The zero-order chi connectivity index (χ0) is 25.7.